The maximum Gasteiger partial charge on any atom is 0.306 e. The predicted octanol–water partition coefficient (Wildman–Crippen LogP) is 20.7. The van der Waals surface area contributed by atoms with Crippen LogP contribution in [0, 0.1) is 0 Å². The molecule has 1 atom stereocenters. The topological polar surface area (TPSA) is 78.9 Å². The lowest BCUT2D eigenvalue weighted by Crippen LogP contribution is -2.30. The maximum atomic E-state index is 12.9. The summed E-state index contributed by atoms with van der Waals surface area (Å²) in [6.45, 7) is 6.68. The number of hydrogen-bond donors (Lipinski definition) is 0. The molecule has 1 unspecified atom stereocenters. The zero-order valence-corrected chi connectivity index (χ0v) is 46.6. The van der Waals surface area contributed by atoms with Crippen LogP contribution < -0.4 is 0 Å². The van der Waals surface area contributed by atoms with E-state index in [0.717, 1.165) is 57.8 Å². The minimum Gasteiger partial charge on any atom is -0.462 e. The Morgan fingerprint density at radius 1 is 0.275 bits per heavy atom. The van der Waals surface area contributed by atoms with Gasteiger partial charge in [0.2, 0.25) is 0 Å². The van der Waals surface area contributed by atoms with E-state index in [9.17, 15) is 14.4 Å². The number of carbonyl (C=O) groups is 3. The molecular weight excluding hydrogens is 853 g/mol. The lowest BCUT2D eigenvalue weighted by molar-refractivity contribution is -0.167. The van der Waals surface area contributed by atoms with E-state index in [-0.39, 0.29) is 31.1 Å². The van der Waals surface area contributed by atoms with Gasteiger partial charge in [-0.15, -0.1) is 0 Å². The molecular formula is C63H118O6. The van der Waals surface area contributed by atoms with Crippen molar-refractivity contribution in [2.75, 3.05) is 13.2 Å². The number of allylic oxidation sites excluding steroid dienone is 4. The molecule has 0 amide bonds. The van der Waals surface area contributed by atoms with Crippen molar-refractivity contribution < 1.29 is 28.6 Å². The smallest absolute Gasteiger partial charge is 0.306 e. The molecule has 0 rings (SSSR count). The molecule has 0 radical (unpaired) electrons. The Kier molecular flexibility index (Phi) is 56.7. The lowest BCUT2D eigenvalue weighted by Gasteiger charge is -2.18. The second kappa shape index (κ2) is 58.5. The molecule has 0 saturated carbocycles. The Hall–Kier alpha value is -2.11. The fraction of sp³-hybridized carbons (Fsp3) is 0.889. The summed E-state index contributed by atoms with van der Waals surface area (Å²) < 4.78 is 16.9. The third kappa shape index (κ3) is 56.7. The number of hydrogen-bond acceptors (Lipinski definition) is 6. The number of carbonyl (C=O) groups excluding carboxylic acids is 3. The van der Waals surface area contributed by atoms with Gasteiger partial charge in [0.05, 0.1) is 0 Å². The van der Waals surface area contributed by atoms with Crippen LogP contribution in [0.5, 0.6) is 0 Å². The average molecular weight is 972 g/mol. The summed E-state index contributed by atoms with van der Waals surface area (Å²) in [7, 11) is 0. The van der Waals surface area contributed by atoms with Gasteiger partial charge in [0.1, 0.15) is 13.2 Å². The Morgan fingerprint density at radius 2 is 0.478 bits per heavy atom. The highest BCUT2D eigenvalue weighted by atomic mass is 16.6. The molecule has 0 saturated heterocycles. The van der Waals surface area contributed by atoms with E-state index >= 15 is 0 Å². The van der Waals surface area contributed by atoms with Gasteiger partial charge in [-0.2, -0.15) is 0 Å². The van der Waals surface area contributed by atoms with E-state index in [1.165, 1.54) is 244 Å². The molecule has 406 valence electrons. The van der Waals surface area contributed by atoms with E-state index in [1.807, 2.05) is 0 Å². The second-order valence-electron chi connectivity index (χ2n) is 21.0. The molecule has 0 bridgehead atoms. The standard InChI is InChI=1S/C63H118O6/c1-4-7-10-13-16-19-22-24-26-28-29-30-31-32-33-35-36-38-41-44-47-50-53-56-62(65)68-59-60(58-67-61(64)55-52-49-46-43-40-21-18-15-12-9-6-3)69-63(66)57-54-51-48-45-42-39-37-34-27-25-23-20-17-14-11-8-5-2/h25,27-29,60H,4-24,26,30-59H2,1-3H3/b27-25-,29-28-. The van der Waals surface area contributed by atoms with Gasteiger partial charge in [0, 0.05) is 19.3 Å². The third-order valence-corrected chi connectivity index (χ3v) is 13.9. The van der Waals surface area contributed by atoms with Gasteiger partial charge < -0.3 is 14.2 Å². The molecule has 0 aliphatic heterocycles. The number of unbranched alkanes of at least 4 members (excludes halogenated alkanes) is 42. The van der Waals surface area contributed by atoms with Crippen LogP contribution in [-0.2, 0) is 28.6 Å². The van der Waals surface area contributed by atoms with Crippen LogP contribution in [0.4, 0.5) is 0 Å². The van der Waals surface area contributed by atoms with Crippen molar-refractivity contribution >= 4 is 17.9 Å². The first-order valence-electron chi connectivity index (χ1n) is 30.8. The first-order valence-corrected chi connectivity index (χ1v) is 30.8. The van der Waals surface area contributed by atoms with Crippen molar-refractivity contribution in [3.63, 3.8) is 0 Å². The zero-order chi connectivity index (χ0) is 50.0. The highest BCUT2D eigenvalue weighted by Gasteiger charge is 2.19. The molecule has 0 aliphatic rings. The Bertz CT molecular complexity index is 1110. The zero-order valence-electron chi connectivity index (χ0n) is 46.6. The van der Waals surface area contributed by atoms with E-state index in [4.69, 9.17) is 14.2 Å². The quantitative estimate of drug-likeness (QED) is 0.0261. The van der Waals surface area contributed by atoms with Gasteiger partial charge >= 0.3 is 17.9 Å². The number of ether oxygens (including phenoxy) is 3. The van der Waals surface area contributed by atoms with Gasteiger partial charge in [0.15, 0.2) is 6.10 Å². The van der Waals surface area contributed by atoms with Crippen molar-refractivity contribution in [2.24, 2.45) is 0 Å². The Balaban J connectivity index is 4.23. The maximum absolute atomic E-state index is 12.9. The van der Waals surface area contributed by atoms with Crippen LogP contribution in [0.15, 0.2) is 24.3 Å². The molecule has 0 heterocycles. The summed E-state index contributed by atoms with van der Waals surface area (Å²) >= 11 is 0. The lowest BCUT2D eigenvalue weighted by atomic mass is 10.0. The van der Waals surface area contributed by atoms with E-state index in [1.54, 1.807) is 0 Å². The van der Waals surface area contributed by atoms with Crippen LogP contribution in [0.2, 0.25) is 0 Å². The molecule has 0 N–H and O–H groups in total. The van der Waals surface area contributed by atoms with Crippen LogP contribution in [-0.4, -0.2) is 37.2 Å². The summed E-state index contributed by atoms with van der Waals surface area (Å²) in [5.74, 6) is -0.853. The molecule has 0 fully saturated rings. The number of esters is 3. The van der Waals surface area contributed by atoms with Gasteiger partial charge in [0.25, 0.3) is 0 Å². The molecule has 0 aromatic carbocycles. The monoisotopic (exact) mass is 971 g/mol. The number of rotatable bonds is 57. The van der Waals surface area contributed by atoms with Gasteiger partial charge in [-0.05, 0) is 70.6 Å². The average Bonchev–Trinajstić information content (AvgIpc) is 3.35. The summed E-state index contributed by atoms with van der Waals surface area (Å²) in [6.07, 6.45) is 69.0. The van der Waals surface area contributed by atoms with Gasteiger partial charge in [-0.1, -0.05) is 276 Å². The van der Waals surface area contributed by atoms with Crippen molar-refractivity contribution in [1.82, 2.24) is 0 Å². The minimum absolute atomic E-state index is 0.0685. The summed E-state index contributed by atoms with van der Waals surface area (Å²) in [6, 6.07) is 0. The molecule has 0 aromatic rings. The Morgan fingerprint density at radius 3 is 0.725 bits per heavy atom. The fourth-order valence-electron chi connectivity index (χ4n) is 9.26. The molecule has 6 nitrogen and oxygen atoms in total. The molecule has 0 aromatic heterocycles. The first kappa shape index (κ1) is 66.9. The molecule has 6 heteroatoms. The largest absolute Gasteiger partial charge is 0.462 e. The van der Waals surface area contributed by atoms with E-state index < -0.39 is 6.10 Å². The Labute approximate surface area is 430 Å². The third-order valence-electron chi connectivity index (χ3n) is 13.9. The molecule has 0 spiro atoms. The molecule has 69 heavy (non-hydrogen) atoms. The predicted molar refractivity (Wildman–Crippen MR) is 298 cm³/mol. The summed E-state index contributed by atoms with van der Waals surface area (Å²) in [5, 5.41) is 0. The van der Waals surface area contributed by atoms with Gasteiger partial charge in [-0.3, -0.25) is 14.4 Å². The van der Waals surface area contributed by atoms with E-state index in [0.29, 0.717) is 19.3 Å². The van der Waals surface area contributed by atoms with Crippen LogP contribution in [0.1, 0.15) is 342 Å². The van der Waals surface area contributed by atoms with Crippen LogP contribution in [0.3, 0.4) is 0 Å². The van der Waals surface area contributed by atoms with Crippen LogP contribution >= 0.6 is 0 Å². The first-order chi connectivity index (χ1) is 34.0. The van der Waals surface area contributed by atoms with Crippen molar-refractivity contribution in [3.8, 4) is 0 Å². The second-order valence-corrected chi connectivity index (χ2v) is 21.0. The van der Waals surface area contributed by atoms with Crippen molar-refractivity contribution in [3.05, 3.63) is 24.3 Å². The highest BCUT2D eigenvalue weighted by molar-refractivity contribution is 5.71. The fourth-order valence-corrected chi connectivity index (χ4v) is 9.26. The van der Waals surface area contributed by atoms with E-state index in [2.05, 4.69) is 45.1 Å². The summed E-state index contributed by atoms with van der Waals surface area (Å²) in [4.78, 5) is 38.2. The van der Waals surface area contributed by atoms with Crippen LogP contribution in [0.25, 0.3) is 0 Å². The van der Waals surface area contributed by atoms with Crippen molar-refractivity contribution in [2.45, 2.75) is 348 Å². The SMILES string of the molecule is CCCCCCCC/C=C\CCCCCCCCCC(=O)OC(COC(=O)CCCCCCCCCCCCC)COC(=O)CCCCCCCCCCCCC/C=C\CCCCCCCCCC. The van der Waals surface area contributed by atoms with Gasteiger partial charge in [-0.25, -0.2) is 0 Å². The van der Waals surface area contributed by atoms with Crippen molar-refractivity contribution in [1.29, 1.82) is 0 Å². The summed E-state index contributed by atoms with van der Waals surface area (Å²) in [5.41, 5.74) is 0. The minimum atomic E-state index is -0.770. The normalized spacial score (nSPS) is 12.1. The highest BCUT2D eigenvalue weighted by Crippen LogP contribution is 2.17. The molecule has 0 aliphatic carbocycles.